The van der Waals surface area contributed by atoms with E-state index >= 15 is 0 Å². The van der Waals surface area contributed by atoms with E-state index in [0.29, 0.717) is 24.5 Å². The number of nitrogens with one attached hydrogen (secondary N) is 1. The van der Waals surface area contributed by atoms with E-state index in [0.717, 1.165) is 5.69 Å². The predicted molar refractivity (Wildman–Crippen MR) is 84.4 cm³/mol. The smallest absolute Gasteiger partial charge is 0.273 e. The molecule has 0 atom stereocenters. The summed E-state index contributed by atoms with van der Waals surface area (Å²) >= 11 is 0. The van der Waals surface area contributed by atoms with E-state index in [-0.39, 0.29) is 23.7 Å². The van der Waals surface area contributed by atoms with Crippen molar-refractivity contribution in [1.82, 2.24) is 20.0 Å². The fourth-order valence-corrected chi connectivity index (χ4v) is 2.12. The minimum atomic E-state index is -0.386. The van der Waals surface area contributed by atoms with Crippen LogP contribution in [-0.2, 0) is 13.0 Å². The van der Waals surface area contributed by atoms with Crippen LogP contribution in [0.2, 0.25) is 0 Å². The van der Waals surface area contributed by atoms with Gasteiger partial charge in [0.1, 0.15) is 0 Å². The maximum Gasteiger partial charge on any atom is 0.273 e. The summed E-state index contributed by atoms with van der Waals surface area (Å²) in [5, 5.41) is 6.39. The minimum Gasteiger partial charge on any atom is -0.461 e. The highest BCUT2D eigenvalue weighted by molar-refractivity contribution is 5.92. The lowest BCUT2D eigenvalue weighted by molar-refractivity contribution is 0.0943. The van der Waals surface area contributed by atoms with Gasteiger partial charge >= 0.3 is 0 Å². The van der Waals surface area contributed by atoms with E-state index < -0.39 is 0 Å². The molecule has 3 aromatic rings. The van der Waals surface area contributed by atoms with Gasteiger partial charge in [0, 0.05) is 30.9 Å². The Labute approximate surface area is 137 Å². The van der Waals surface area contributed by atoms with Crippen molar-refractivity contribution in [2.75, 3.05) is 6.54 Å². The molecule has 0 fully saturated rings. The van der Waals surface area contributed by atoms with Crippen molar-refractivity contribution < 1.29 is 13.7 Å². The molecule has 0 aromatic carbocycles. The first-order valence-corrected chi connectivity index (χ1v) is 7.51. The highest BCUT2D eigenvalue weighted by Gasteiger charge is 2.14. The molecule has 0 saturated carbocycles. The molecule has 0 saturated heterocycles. The molecule has 3 rings (SSSR count). The first-order valence-electron chi connectivity index (χ1n) is 7.51. The molecule has 24 heavy (non-hydrogen) atoms. The number of furan rings is 1. The molecule has 0 aliphatic rings. The largest absolute Gasteiger partial charge is 0.461 e. The van der Waals surface area contributed by atoms with E-state index in [1.165, 1.54) is 29.3 Å². The van der Waals surface area contributed by atoms with Crippen LogP contribution in [0.25, 0.3) is 11.5 Å². The summed E-state index contributed by atoms with van der Waals surface area (Å²) in [5.74, 6) is 0.485. The van der Waals surface area contributed by atoms with Crippen LogP contribution in [0.4, 0.5) is 0 Å². The summed E-state index contributed by atoms with van der Waals surface area (Å²) in [6.07, 6.45) is 3.70. The zero-order chi connectivity index (χ0) is 16.9. The maximum atomic E-state index is 12.0. The standard InChI is InChI=1S/C16H16N4O4/c1-2-11-8-15(21)20(10-18-11)6-5-17-16(22)12-9-14(24-19-12)13-4-3-7-23-13/h3-4,7-10H,2,5-6H2,1H3,(H,17,22). The number of carbonyl (C=O) groups excluding carboxylic acids is 1. The molecule has 8 heteroatoms. The van der Waals surface area contributed by atoms with E-state index in [9.17, 15) is 9.59 Å². The number of carbonyl (C=O) groups is 1. The SMILES string of the molecule is CCc1cc(=O)n(CCNC(=O)c2cc(-c3ccco3)on2)cn1. The Hall–Kier alpha value is -3.16. The zero-order valence-electron chi connectivity index (χ0n) is 13.1. The van der Waals surface area contributed by atoms with E-state index in [2.05, 4.69) is 15.5 Å². The van der Waals surface area contributed by atoms with Crippen molar-refractivity contribution in [2.24, 2.45) is 0 Å². The first-order chi connectivity index (χ1) is 11.7. The average Bonchev–Trinajstić information content (AvgIpc) is 3.27. The molecule has 3 heterocycles. The second-order valence-corrected chi connectivity index (χ2v) is 5.08. The van der Waals surface area contributed by atoms with Gasteiger partial charge in [-0.1, -0.05) is 12.1 Å². The summed E-state index contributed by atoms with van der Waals surface area (Å²) in [7, 11) is 0. The summed E-state index contributed by atoms with van der Waals surface area (Å²) in [5.41, 5.74) is 0.749. The van der Waals surface area contributed by atoms with Gasteiger partial charge in [-0.3, -0.25) is 14.2 Å². The molecule has 1 N–H and O–H groups in total. The van der Waals surface area contributed by atoms with Crippen molar-refractivity contribution in [3.05, 3.63) is 58.6 Å². The normalized spacial score (nSPS) is 10.7. The summed E-state index contributed by atoms with van der Waals surface area (Å²) < 4.78 is 11.7. The third-order valence-electron chi connectivity index (χ3n) is 3.44. The quantitative estimate of drug-likeness (QED) is 0.735. The number of aryl methyl sites for hydroxylation is 1. The second kappa shape index (κ2) is 6.95. The van der Waals surface area contributed by atoms with Crippen LogP contribution in [0.1, 0.15) is 23.1 Å². The van der Waals surface area contributed by atoms with Crippen LogP contribution >= 0.6 is 0 Å². The minimum absolute atomic E-state index is 0.141. The predicted octanol–water partition coefficient (Wildman–Crippen LogP) is 1.48. The molecule has 0 spiro atoms. The van der Waals surface area contributed by atoms with Gasteiger partial charge in [-0.25, -0.2) is 4.98 Å². The van der Waals surface area contributed by atoms with Crippen LogP contribution in [-0.4, -0.2) is 27.2 Å². The lowest BCUT2D eigenvalue weighted by atomic mass is 10.3. The third kappa shape index (κ3) is 3.43. The van der Waals surface area contributed by atoms with E-state index in [1.807, 2.05) is 6.92 Å². The van der Waals surface area contributed by atoms with Gasteiger partial charge in [-0.15, -0.1) is 0 Å². The second-order valence-electron chi connectivity index (χ2n) is 5.08. The highest BCUT2D eigenvalue weighted by Crippen LogP contribution is 2.20. The summed E-state index contributed by atoms with van der Waals surface area (Å²) in [6, 6.07) is 6.42. The van der Waals surface area contributed by atoms with Gasteiger partial charge in [-0.2, -0.15) is 0 Å². The van der Waals surface area contributed by atoms with Crippen LogP contribution < -0.4 is 10.9 Å². The fraction of sp³-hybridized carbons (Fsp3) is 0.250. The molecular formula is C16H16N4O4. The highest BCUT2D eigenvalue weighted by atomic mass is 16.5. The monoisotopic (exact) mass is 328 g/mol. The fourth-order valence-electron chi connectivity index (χ4n) is 2.12. The molecule has 3 aromatic heterocycles. The van der Waals surface area contributed by atoms with Gasteiger partial charge in [0.25, 0.3) is 11.5 Å². The Morgan fingerprint density at radius 3 is 2.92 bits per heavy atom. The Bertz CT molecular complexity index is 880. The Balaban J connectivity index is 1.57. The molecule has 0 aliphatic carbocycles. The van der Waals surface area contributed by atoms with E-state index in [4.69, 9.17) is 8.94 Å². The topological polar surface area (TPSA) is 103 Å². The molecule has 8 nitrogen and oxygen atoms in total. The molecule has 124 valence electrons. The van der Waals surface area contributed by atoms with Crippen molar-refractivity contribution >= 4 is 5.91 Å². The van der Waals surface area contributed by atoms with Crippen molar-refractivity contribution in [1.29, 1.82) is 0 Å². The van der Waals surface area contributed by atoms with Gasteiger partial charge in [0.05, 0.1) is 12.6 Å². The molecule has 0 aliphatic heterocycles. The maximum absolute atomic E-state index is 12.0. The summed E-state index contributed by atoms with van der Waals surface area (Å²) in [4.78, 5) is 28.0. The number of hydrogen-bond acceptors (Lipinski definition) is 6. The van der Waals surface area contributed by atoms with Crippen molar-refractivity contribution in [3.63, 3.8) is 0 Å². The van der Waals surface area contributed by atoms with Crippen molar-refractivity contribution in [3.8, 4) is 11.5 Å². The van der Waals surface area contributed by atoms with Gasteiger partial charge in [0.15, 0.2) is 11.5 Å². The third-order valence-corrected chi connectivity index (χ3v) is 3.44. The van der Waals surface area contributed by atoms with Gasteiger partial charge < -0.3 is 14.3 Å². The number of hydrogen-bond donors (Lipinski definition) is 1. The lowest BCUT2D eigenvalue weighted by Gasteiger charge is -2.06. The number of aromatic nitrogens is 3. The van der Waals surface area contributed by atoms with Gasteiger partial charge in [0.2, 0.25) is 5.76 Å². The number of nitrogens with zero attached hydrogens (tertiary/aromatic N) is 3. The lowest BCUT2D eigenvalue weighted by Crippen LogP contribution is -2.31. The van der Waals surface area contributed by atoms with Crippen LogP contribution in [0.3, 0.4) is 0 Å². The van der Waals surface area contributed by atoms with Crippen LogP contribution in [0.5, 0.6) is 0 Å². The molecular weight excluding hydrogens is 312 g/mol. The van der Waals surface area contributed by atoms with E-state index in [1.54, 1.807) is 12.1 Å². The molecule has 0 bridgehead atoms. The van der Waals surface area contributed by atoms with Crippen LogP contribution in [0, 0.1) is 0 Å². The molecule has 0 radical (unpaired) electrons. The molecule has 0 unspecified atom stereocenters. The average molecular weight is 328 g/mol. The summed E-state index contributed by atoms with van der Waals surface area (Å²) in [6.45, 7) is 2.53. The van der Waals surface area contributed by atoms with Crippen molar-refractivity contribution in [2.45, 2.75) is 19.9 Å². The Morgan fingerprint density at radius 2 is 2.21 bits per heavy atom. The van der Waals surface area contributed by atoms with Crippen LogP contribution in [0.15, 0.2) is 50.6 Å². The van der Waals surface area contributed by atoms with Gasteiger partial charge in [-0.05, 0) is 18.6 Å². The number of amides is 1. The Kier molecular flexibility index (Phi) is 4.55. The zero-order valence-corrected chi connectivity index (χ0v) is 13.1. The Morgan fingerprint density at radius 1 is 1.33 bits per heavy atom. The first kappa shape index (κ1) is 15.7. The number of rotatable bonds is 6. The molecule has 1 amide bonds.